The molecular weight excluding hydrogens is 264 g/mol. The Morgan fingerprint density at radius 1 is 1.28 bits per heavy atom. The molecule has 0 aliphatic carbocycles. The molecule has 18 heavy (non-hydrogen) atoms. The number of carboxylic acids is 1. The summed E-state index contributed by atoms with van der Waals surface area (Å²) in [7, 11) is 0. The maximum absolute atomic E-state index is 11.8. The van der Waals surface area contributed by atoms with Gasteiger partial charge in [0.25, 0.3) is 0 Å². The molecule has 0 N–H and O–H groups in total. The fraction of sp³-hybridized carbons (Fsp3) is 0.444. The summed E-state index contributed by atoms with van der Waals surface area (Å²) in [5.74, 6) is -2.16. The maximum atomic E-state index is 11.8. The van der Waals surface area contributed by atoms with Gasteiger partial charge in [-0.15, -0.1) is 18.3 Å². The molecule has 5 nitrogen and oxygen atoms in total. The number of alkyl halides is 3. The zero-order chi connectivity index (χ0) is 13.3. The Bertz CT molecular complexity index is 420. The van der Waals surface area contributed by atoms with Gasteiger partial charge in [0.15, 0.2) is 0 Å². The predicted octanol–water partition coefficient (Wildman–Crippen LogP) is -2.59. The summed E-state index contributed by atoms with van der Waals surface area (Å²) in [6.07, 6.45) is -4.86. The van der Waals surface area contributed by atoms with Crippen molar-refractivity contribution in [1.82, 2.24) is 10.2 Å². The summed E-state index contributed by atoms with van der Waals surface area (Å²) in [4.78, 5) is 10.7. The Balaban J connectivity index is 0.00000289. The van der Waals surface area contributed by atoms with Gasteiger partial charge in [-0.05, 0) is 19.9 Å². The molecule has 9 heteroatoms. The zero-order valence-corrected chi connectivity index (χ0v) is 11.9. The molecule has 0 saturated carbocycles. The topological polar surface area (TPSA) is 75.1 Å². The van der Waals surface area contributed by atoms with Gasteiger partial charge < -0.3 is 14.6 Å². The first-order chi connectivity index (χ1) is 7.63. The fourth-order valence-electron chi connectivity index (χ4n) is 0.931. The van der Waals surface area contributed by atoms with Crippen molar-refractivity contribution in [2.45, 2.75) is 25.6 Å². The second kappa shape index (κ2) is 5.85. The van der Waals surface area contributed by atoms with Crippen LogP contribution in [0.15, 0.2) is 12.1 Å². The quantitative estimate of drug-likeness (QED) is 0.564. The molecule has 1 aromatic rings. The van der Waals surface area contributed by atoms with Gasteiger partial charge in [0.05, 0.1) is 11.7 Å². The minimum absolute atomic E-state index is 0. The number of halogens is 3. The molecule has 0 aromatic carbocycles. The van der Waals surface area contributed by atoms with Crippen molar-refractivity contribution in [3.63, 3.8) is 0 Å². The van der Waals surface area contributed by atoms with Crippen molar-refractivity contribution in [1.29, 1.82) is 0 Å². The first kappa shape index (κ1) is 17.1. The molecule has 0 aliphatic heterocycles. The Morgan fingerprint density at radius 2 is 1.83 bits per heavy atom. The van der Waals surface area contributed by atoms with Crippen molar-refractivity contribution in [2.75, 3.05) is 0 Å². The van der Waals surface area contributed by atoms with E-state index >= 15 is 0 Å². The minimum atomic E-state index is -4.86. The van der Waals surface area contributed by atoms with Crippen molar-refractivity contribution in [3.8, 4) is 5.88 Å². The van der Waals surface area contributed by atoms with Gasteiger partial charge in [0, 0.05) is 11.5 Å². The average molecular weight is 272 g/mol. The fourth-order valence-corrected chi connectivity index (χ4v) is 0.931. The number of hydrogen-bond acceptors (Lipinski definition) is 5. The van der Waals surface area contributed by atoms with Crippen LogP contribution in [-0.2, 0) is 10.2 Å². The number of carbonyl (C=O) groups excluding carboxylic acids is 1. The van der Waals surface area contributed by atoms with Crippen LogP contribution in [0.25, 0.3) is 0 Å². The van der Waals surface area contributed by atoms with Crippen LogP contribution in [0, 0.1) is 0 Å². The number of aliphatic carboxylic acids is 1. The van der Waals surface area contributed by atoms with Gasteiger partial charge in [0.2, 0.25) is 5.88 Å². The van der Waals surface area contributed by atoms with Gasteiger partial charge in [0.1, 0.15) is 0 Å². The van der Waals surface area contributed by atoms with Crippen LogP contribution in [0.5, 0.6) is 5.88 Å². The number of nitrogens with zero attached hydrogens (tertiary/aromatic N) is 2. The smallest absolute Gasteiger partial charge is 0.549 e. The largest absolute Gasteiger partial charge is 1.00 e. The number of aromatic nitrogens is 2. The van der Waals surface area contributed by atoms with E-state index in [1.807, 2.05) is 0 Å². The predicted molar refractivity (Wildman–Crippen MR) is 46.7 cm³/mol. The molecular formula is C9H8F3N2NaO3. The van der Waals surface area contributed by atoms with E-state index < -0.39 is 23.6 Å². The van der Waals surface area contributed by atoms with Crippen LogP contribution in [0.3, 0.4) is 0 Å². The van der Waals surface area contributed by atoms with Gasteiger partial charge in [-0.3, -0.25) is 0 Å². The normalized spacial score (nSPS) is 11.6. The summed E-state index contributed by atoms with van der Waals surface area (Å²) >= 11 is 0. The number of carbonyl (C=O) groups is 1. The third-order valence-corrected chi connectivity index (χ3v) is 2.01. The van der Waals surface area contributed by atoms with E-state index in [2.05, 4.69) is 14.9 Å². The molecule has 0 fully saturated rings. The number of carboxylic acid groups (broad SMARTS) is 1. The minimum Gasteiger partial charge on any atom is -0.549 e. The van der Waals surface area contributed by atoms with Crippen LogP contribution >= 0.6 is 0 Å². The molecule has 0 aliphatic rings. The van der Waals surface area contributed by atoms with Crippen LogP contribution in [0.1, 0.15) is 19.5 Å². The van der Waals surface area contributed by atoms with Crippen molar-refractivity contribution < 1.29 is 57.4 Å². The molecule has 0 saturated heterocycles. The summed E-state index contributed by atoms with van der Waals surface area (Å²) in [6.45, 7) is 2.60. The molecule has 1 heterocycles. The zero-order valence-electron chi connectivity index (χ0n) is 9.91. The van der Waals surface area contributed by atoms with Crippen LogP contribution in [-0.4, -0.2) is 22.5 Å². The standard InChI is InChI=1S/C9H9F3N2O3.Na/c1-8(2,7(15)16)5-3-4-6(14-13-5)17-9(10,11)12;/h3-4H,1-2H3,(H,15,16);/q;+1/p-1. The van der Waals surface area contributed by atoms with Crippen LogP contribution in [0.2, 0.25) is 0 Å². The number of rotatable bonds is 3. The molecule has 0 unspecified atom stereocenters. The Hall–Kier alpha value is -0.860. The van der Waals surface area contributed by atoms with E-state index in [9.17, 15) is 23.1 Å². The molecule has 0 bridgehead atoms. The second-order valence-electron chi connectivity index (χ2n) is 3.72. The monoisotopic (exact) mass is 272 g/mol. The molecule has 0 radical (unpaired) electrons. The molecule has 0 amide bonds. The third-order valence-electron chi connectivity index (χ3n) is 2.01. The third kappa shape index (κ3) is 4.43. The van der Waals surface area contributed by atoms with Gasteiger partial charge in [-0.25, -0.2) is 0 Å². The maximum Gasteiger partial charge on any atom is 1.00 e. The molecule has 0 atom stereocenters. The number of ether oxygens (including phenoxy) is 1. The molecule has 94 valence electrons. The van der Waals surface area contributed by atoms with Crippen molar-refractivity contribution >= 4 is 5.97 Å². The second-order valence-corrected chi connectivity index (χ2v) is 3.72. The first-order valence-electron chi connectivity index (χ1n) is 4.44. The number of hydrogen-bond donors (Lipinski definition) is 0. The summed E-state index contributed by atoms with van der Waals surface area (Å²) in [6, 6.07) is 1.98. The van der Waals surface area contributed by atoms with Gasteiger partial charge >= 0.3 is 35.9 Å². The first-order valence-corrected chi connectivity index (χ1v) is 4.44. The van der Waals surface area contributed by atoms with E-state index in [0.717, 1.165) is 12.1 Å². The Labute approximate surface area is 123 Å². The summed E-state index contributed by atoms with van der Waals surface area (Å²) in [5, 5.41) is 17.2. The van der Waals surface area contributed by atoms with E-state index in [1.54, 1.807) is 0 Å². The SMILES string of the molecule is CC(C)(C(=O)[O-])c1ccc(OC(F)(F)F)nn1.[Na+]. The van der Waals surface area contributed by atoms with E-state index in [0.29, 0.717) is 0 Å². The van der Waals surface area contributed by atoms with Gasteiger partial charge in [-0.2, -0.15) is 5.10 Å². The van der Waals surface area contributed by atoms with Gasteiger partial charge in [-0.1, -0.05) is 0 Å². The Morgan fingerprint density at radius 3 is 2.17 bits per heavy atom. The molecule has 0 spiro atoms. The van der Waals surface area contributed by atoms with E-state index in [4.69, 9.17) is 0 Å². The Kier molecular flexibility index (Phi) is 5.57. The summed E-state index contributed by atoms with van der Waals surface area (Å²) in [5.41, 5.74) is -1.46. The van der Waals surface area contributed by atoms with E-state index in [1.165, 1.54) is 13.8 Å². The van der Waals surface area contributed by atoms with Crippen LogP contribution in [0.4, 0.5) is 13.2 Å². The van der Waals surface area contributed by atoms with Crippen molar-refractivity contribution in [3.05, 3.63) is 17.8 Å². The summed E-state index contributed by atoms with van der Waals surface area (Å²) < 4.78 is 38.9. The van der Waals surface area contributed by atoms with E-state index in [-0.39, 0.29) is 35.3 Å². The van der Waals surface area contributed by atoms with Crippen molar-refractivity contribution in [2.24, 2.45) is 0 Å². The molecule has 1 rings (SSSR count). The van der Waals surface area contributed by atoms with Crippen LogP contribution < -0.4 is 39.4 Å². The average Bonchev–Trinajstić information content (AvgIpc) is 2.15. The molecule has 1 aromatic heterocycles.